The third-order valence-corrected chi connectivity index (χ3v) is 6.07. The van der Waals surface area contributed by atoms with Crippen molar-refractivity contribution < 1.29 is 22.8 Å². The predicted molar refractivity (Wildman–Crippen MR) is 108 cm³/mol. The summed E-state index contributed by atoms with van der Waals surface area (Å²) in [5, 5.41) is 3.54. The van der Waals surface area contributed by atoms with Gasteiger partial charge in [-0.15, -0.1) is 0 Å². The van der Waals surface area contributed by atoms with Crippen molar-refractivity contribution >= 4 is 38.8 Å². The van der Waals surface area contributed by atoms with Crippen molar-refractivity contribution in [1.82, 2.24) is 0 Å². The van der Waals surface area contributed by atoms with Crippen LogP contribution in [0.15, 0.2) is 48.5 Å². The van der Waals surface area contributed by atoms with Crippen molar-refractivity contribution in [3.8, 4) is 0 Å². The van der Waals surface area contributed by atoms with Gasteiger partial charge < -0.3 is 10.6 Å². The van der Waals surface area contributed by atoms with Gasteiger partial charge >= 0.3 is 0 Å². The van der Waals surface area contributed by atoms with Gasteiger partial charge in [0.15, 0.2) is 15.6 Å². The smallest absolute Gasteiger partial charge is 0.242 e. The Morgan fingerprint density at radius 1 is 0.964 bits per heavy atom. The number of ketones is 1. The summed E-state index contributed by atoms with van der Waals surface area (Å²) in [5.74, 6) is -2.49. The molecule has 7 nitrogen and oxygen atoms in total. The van der Waals surface area contributed by atoms with Gasteiger partial charge in [-0.05, 0) is 45.0 Å². The summed E-state index contributed by atoms with van der Waals surface area (Å²) in [4.78, 5) is 35.8. The molecule has 1 unspecified atom stereocenters. The van der Waals surface area contributed by atoms with Crippen molar-refractivity contribution in [2.24, 2.45) is 0 Å². The molecule has 2 aromatic rings. The van der Waals surface area contributed by atoms with Gasteiger partial charge in [0.25, 0.3) is 0 Å². The number of Topliss-reactive ketones (excluding diaryl/α,β-unsaturated/α-hetero) is 1. The van der Waals surface area contributed by atoms with Gasteiger partial charge in [0, 0.05) is 16.9 Å². The van der Waals surface area contributed by atoms with Crippen LogP contribution in [-0.2, 0) is 19.4 Å². The third-order valence-electron chi connectivity index (χ3n) is 4.11. The molecule has 28 heavy (non-hydrogen) atoms. The molecule has 0 aliphatic rings. The number of hydrogen-bond acceptors (Lipinski definition) is 5. The molecule has 0 saturated carbocycles. The largest absolute Gasteiger partial charge is 0.325 e. The number of carbonyl (C=O) groups excluding carboxylic acids is 3. The first kappa shape index (κ1) is 21.3. The Morgan fingerprint density at radius 3 is 2.21 bits per heavy atom. The number of anilines is 2. The molecule has 0 aliphatic heterocycles. The summed E-state index contributed by atoms with van der Waals surface area (Å²) in [6.07, 6.45) is 0. The average molecular weight is 402 g/mol. The topological polar surface area (TPSA) is 109 Å². The lowest BCUT2D eigenvalue weighted by Gasteiger charge is -2.14. The summed E-state index contributed by atoms with van der Waals surface area (Å²) in [5.41, 5.74) is 2.18. The summed E-state index contributed by atoms with van der Waals surface area (Å²) in [6, 6.07) is 13.1. The normalized spacial score (nSPS) is 12.1. The fraction of sp³-hybridized carbons (Fsp3) is 0.250. The number of aryl methyl sites for hydroxylation is 1. The van der Waals surface area contributed by atoms with Crippen LogP contribution in [0, 0.1) is 6.92 Å². The highest BCUT2D eigenvalue weighted by molar-refractivity contribution is 7.93. The Bertz CT molecular complexity index is 998. The molecular weight excluding hydrogens is 380 g/mol. The maximum Gasteiger partial charge on any atom is 0.242 e. The second kappa shape index (κ2) is 8.79. The monoisotopic (exact) mass is 402 g/mol. The molecule has 148 valence electrons. The highest BCUT2D eigenvalue weighted by atomic mass is 32.2. The van der Waals surface area contributed by atoms with E-state index >= 15 is 0 Å². The van der Waals surface area contributed by atoms with Gasteiger partial charge in [-0.1, -0.05) is 29.8 Å². The highest BCUT2D eigenvalue weighted by Gasteiger charge is 2.30. The van der Waals surface area contributed by atoms with Crippen molar-refractivity contribution in [3.63, 3.8) is 0 Å². The lowest BCUT2D eigenvalue weighted by atomic mass is 10.1. The minimum atomic E-state index is -4.02. The predicted octanol–water partition coefficient (Wildman–Crippen LogP) is 2.58. The minimum absolute atomic E-state index is 0.176. The van der Waals surface area contributed by atoms with E-state index < -0.39 is 32.7 Å². The standard InChI is InChI=1S/C20H22N2O5S/c1-13-7-9-17(10-8-13)21-19(24)12-28(26,27)15(3)20(25)22-18-6-4-5-16(11-18)14(2)23/h4-11,15H,12H2,1-3H3,(H,21,24)(H,22,25). The van der Waals surface area contributed by atoms with Gasteiger partial charge in [0.05, 0.1) is 0 Å². The van der Waals surface area contributed by atoms with Crippen LogP contribution in [0.4, 0.5) is 11.4 Å². The molecule has 0 saturated heterocycles. The number of hydrogen-bond donors (Lipinski definition) is 2. The fourth-order valence-corrected chi connectivity index (χ4v) is 3.44. The van der Waals surface area contributed by atoms with E-state index in [1.807, 2.05) is 6.92 Å². The van der Waals surface area contributed by atoms with E-state index in [1.165, 1.54) is 19.9 Å². The lowest BCUT2D eigenvalue weighted by Crippen LogP contribution is -2.37. The number of carbonyl (C=O) groups is 3. The molecule has 8 heteroatoms. The molecule has 2 amide bonds. The molecule has 0 radical (unpaired) electrons. The minimum Gasteiger partial charge on any atom is -0.325 e. The Labute approximate surface area is 164 Å². The lowest BCUT2D eigenvalue weighted by molar-refractivity contribution is -0.115. The maximum absolute atomic E-state index is 12.4. The molecule has 2 aromatic carbocycles. The molecular formula is C20H22N2O5S. The summed E-state index contributed by atoms with van der Waals surface area (Å²) in [6.45, 7) is 4.50. The van der Waals surface area contributed by atoms with Gasteiger partial charge in [-0.3, -0.25) is 14.4 Å². The van der Waals surface area contributed by atoms with Crippen molar-refractivity contribution in [3.05, 3.63) is 59.7 Å². The summed E-state index contributed by atoms with van der Waals surface area (Å²) < 4.78 is 24.8. The number of sulfone groups is 1. The number of nitrogens with one attached hydrogen (secondary N) is 2. The Morgan fingerprint density at radius 2 is 1.61 bits per heavy atom. The zero-order valence-electron chi connectivity index (χ0n) is 15.9. The maximum atomic E-state index is 12.4. The second-order valence-corrected chi connectivity index (χ2v) is 8.81. The average Bonchev–Trinajstić information content (AvgIpc) is 2.62. The summed E-state index contributed by atoms with van der Waals surface area (Å²) in [7, 11) is -4.02. The zero-order valence-corrected chi connectivity index (χ0v) is 16.7. The van der Waals surface area contributed by atoms with Crippen LogP contribution < -0.4 is 10.6 Å². The first-order chi connectivity index (χ1) is 13.1. The Balaban J connectivity index is 2.02. The van der Waals surface area contributed by atoms with E-state index in [1.54, 1.807) is 42.5 Å². The van der Waals surface area contributed by atoms with E-state index in [2.05, 4.69) is 10.6 Å². The van der Waals surface area contributed by atoms with Crippen LogP contribution in [0.3, 0.4) is 0 Å². The van der Waals surface area contributed by atoms with Crippen molar-refractivity contribution in [2.75, 3.05) is 16.4 Å². The van der Waals surface area contributed by atoms with E-state index in [-0.39, 0.29) is 5.78 Å². The number of rotatable bonds is 7. The van der Waals surface area contributed by atoms with Crippen LogP contribution in [0.1, 0.15) is 29.8 Å². The molecule has 0 fully saturated rings. The number of benzene rings is 2. The molecule has 2 N–H and O–H groups in total. The van der Waals surface area contributed by atoms with E-state index in [4.69, 9.17) is 0 Å². The Hall–Kier alpha value is -3.00. The van der Waals surface area contributed by atoms with Gasteiger partial charge in [-0.25, -0.2) is 8.42 Å². The van der Waals surface area contributed by atoms with Gasteiger partial charge in [0.1, 0.15) is 11.0 Å². The second-order valence-electron chi connectivity index (χ2n) is 6.49. The SMILES string of the molecule is CC(=O)c1cccc(NC(=O)C(C)S(=O)(=O)CC(=O)Nc2ccc(C)cc2)c1. The number of amides is 2. The molecule has 1 atom stereocenters. The quantitative estimate of drug-likeness (QED) is 0.692. The first-order valence-corrected chi connectivity index (χ1v) is 10.3. The zero-order chi connectivity index (χ0) is 20.9. The summed E-state index contributed by atoms with van der Waals surface area (Å²) >= 11 is 0. The molecule has 0 bridgehead atoms. The van der Waals surface area contributed by atoms with E-state index in [0.29, 0.717) is 16.9 Å². The van der Waals surface area contributed by atoms with Gasteiger partial charge in [-0.2, -0.15) is 0 Å². The van der Waals surface area contributed by atoms with Crippen LogP contribution in [0.5, 0.6) is 0 Å². The van der Waals surface area contributed by atoms with E-state index in [9.17, 15) is 22.8 Å². The van der Waals surface area contributed by atoms with Crippen LogP contribution in [0.25, 0.3) is 0 Å². The Kier molecular flexibility index (Phi) is 6.69. The molecule has 0 aromatic heterocycles. The van der Waals surface area contributed by atoms with Crippen LogP contribution in [0.2, 0.25) is 0 Å². The molecule has 0 spiro atoms. The van der Waals surface area contributed by atoms with Crippen molar-refractivity contribution in [1.29, 1.82) is 0 Å². The molecule has 2 rings (SSSR count). The van der Waals surface area contributed by atoms with Crippen LogP contribution in [-0.4, -0.2) is 37.0 Å². The third kappa shape index (κ3) is 5.75. The molecule has 0 aliphatic carbocycles. The van der Waals surface area contributed by atoms with E-state index in [0.717, 1.165) is 5.56 Å². The first-order valence-electron chi connectivity index (χ1n) is 8.58. The molecule has 0 heterocycles. The fourth-order valence-electron chi connectivity index (χ4n) is 2.36. The van der Waals surface area contributed by atoms with Gasteiger partial charge in [0.2, 0.25) is 11.8 Å². The highest BCUT2D eigenvalue weighted by Crippen LogP contribution is 2.14. The van der Waals surface area contributed by atoms with Crippen molar-refractivity contribution in [2.45, 2.75) is 26.0 Å². The van der Waals surface area contributed by atoms with Crippen LogP contribution >= 0.6 is 0 Å².